The van der Waals surface area contributed by atoms with Crippen molar-refractivity contribution in [2.24, 2.45) is 4.99 Å². The second kappa shape index (κ2) is 12.5. The molecule has 1 aromatic heterocycles. The van der Waals surface area contributed by atoms with Crippen LogP contribution in [0.3, 0.4) is 0 Å². The summed E-state index contributed by atoms with van der Waals surface area (Å²) in [7, 11) is 3.44. The number of piperidine rings is 1. The quantitative estimate of drug-likeness (QED) is 0.222. The van der Waals surface area contributed by atoms with Gasteiger partial charge in [-0.3, -0.25) is 24.0 Å². The molecule has 0 saturated carbocycles. The molecule has 0 bridgehead atoms. The van der Waals surface area contributed by atoms with Crippen LogP contribution in [0.4, 0.5) is 15.8 Å². The molecule has 3 rings (SSSR count). The number of carbonyl (C=O) groups is 1. The van der Waals surface area contributed by atoms with Crippen LogP contribution in [-0.4, -0.2) is 55.2 Å². The Labute approximate surface area is 217 Å². The van der Waals surface area contributed by atoms with Gasteiger partial charge in [-0.05, 0) is 75.5 Å². The molecular formula is C29H36FN5O2. The normalized spacial score (nSPS) is 15.8. The van der Waals surface area contributed by atoms with Crippen LogP contribution < -0.4 is 16.6 Å². The van der Waals surface area contributed by atoms with Crippen molar-refractivity contribution >= 4 is 29.1 Å². The minimum atomic E-state index is -0.399. The molecule has 3 N–H and O–H groups in total. The molecule has 0 radical (unpaired) electrons. The number of aliphatic imine (C=N–C) groups is 1. The fraction of sp³-hybridized carbons (Fsp3) is 0.345. The first-order valence-corrected chi connectivity index (χ1v) is 12.4. The summed E-state index contributed by atoms with van der Waals surface area (Å²) >= 11 is 0. The second-order valence-corrected chi connectivity index (χ2v) is 9.42. The molecule has 1 aliphatic heterocycles. The Bertz CT molecular complexity index is 1290. The summed E-state index contributed by atoms with van der Waals surface area (Å²) in [4.78, 5) is 30.6. The van der Waals surface area contributed by atoms with Gasteiger partial charge in [0.2, 0.25) is 0 Å². The molecule has 1 fully saturated rings. The van der Waals surface area contributed by atoms with Crippen LogP contribution in [0.2, 0.25) is 0 Å². The first-order valence-electron chi connectivity index (χ1n) is 12.4. The summed E-state index contributed by atoms with van der Waals surface area (Å²) in [5.41, 5.74) is 10.3. The molecule has 2 aromatic rings. The lowest BCUT2D eigenvalue weighted by Crippen LogP contribution is -2.34. The molecule has 1 saturated heterocycles. The zero-order valence-electron chi connectivity index (χ0n) is 22.1. The fourth-order valence-electron chi connectivity index (χ4n) is 4.74. The third-order valence-corrected chi connectivity index (χ3v) is 6.64. The van der Waals surface area contributed by atoms with Gasteiger partial charge in [0, 0.05) is 61.6 Å². The number of hydrogen-bond acceptors (Lipinski definition) is 6. The molecule has 1 aliphatic rings. The van der Waals surface area contributed by atoms with Crippen molar-refractivity contribution in [2.75, 3.05) is 44.8 Å². The van der Waals surface area contributed by atoms with Gasteiger partial charge in [-0.25, -0.2) is 4.39 Å². The molecule has 1 aromatic carbocycles. The van der Waals surface area contributed by atoms with Crippen molar-refractivity contribution < 1.29 is 9.18 Å². The van der Waals surface area contributed by atoms with Crippen molar-refractivity contribution in [3.8, 4) is 0 Å². The number of halogens is 1. The number of likely N-dealkylation sites (tertiary alicyclic amines) is 1. The molecule has 0 amide bonds. The van der Waals surface area contributed by atoms with Gasteiger partial charge in [0.1, 0.15) is 5.82 Å². The number of anilines is 2. The van der Waals surface area contributed by atoms with Gasteiger partial charge in [-0.2, -0.15) is 0 Å². The first-order chi connectivity index (χ1) is 17.6. The van der Waals surface area contributed by atoms with Crippen LogP contribution in [-0.2, 0) is 0 Å². The zero-order valence-corrected chi connectivity index (χ0v) is 22.1. The number of aromatic nitrogens is 1. The van der Waals surface area contributed by atoms with Crippen LogP contribution in [0.25, 0.3) is 5.70 Å². The predicted octanol–water partition coefficient (Wildman–Crippen LogP) is 4.74. The highest BCUT2D eigenvalue weighted by atomic mass is 19.1. The van der Waals surface area contributed by atoms with Gasteiger partial charge >= 0.3 is 0 Å². The van der Waals surface area contributed by atoms with E-state index in [1.165, 1.54) is 19.1 Å². The molecule has 0 spiro atoms. The summed E-state index contributed by atoms with van der Waals surface area (Å²) in [6, 6.07) is 6.24. The van der Waals surface area contributed by atoms with Gasteiger partial charge in [0.25, 0.3) is 5.56 Å². The summed E-state index contributed by atoms with van der Waals surface area (Å²) in [5.74, 6) is -0.577. The highest BCUT2D eigenvalue weighted by molar-refractivity contribution is 5.95. The van der Waals surface area contributed by atoms with Gasteiger partial charge < -0.3 is 11.1 Å². The van der Waals surface area contributed by atoms with E-state index in [1.807, 2.05) is 19.1 Å². The van der Waals surface area contributed by atoms with Crippen molar-refractivity contribution in [2.45, 2.75) is 32.6 Å². The Morgan fingerprint density at radius 3 is 2.54 bits per heavy atom. The highest BCUT2D eigenvalue weighted by Gasteiger charge is 2.25. The SMILES string of the molecule is C=C(/C=C(\C)CN1CCC(c2c(N)cc(C(C)=O)cc2F)CC1)/C(=C\C=NC)n1ccc(NC)cc1=O. The van der Waals surface area contributed by atoms with E-state index in [9.17, 15) is 14.0 Å². The lowest BCUT2D eigenvalue weighted by molar-refractivity contribution is 0.101. The monoisotopic (exact) mass is 505 g/mol. The predicted molar refractivity (Wildman–Crippen MR) is 151 cm³/mol. The van der Waals surface area contributed by atoms with E-state index in [1.54, 1.807) is 43.2 Å². The maximum Gasteiger partial charge on any atom is 0.257 e. The Kier molecular flexibility index (Phi) is 9.36. The van der Waals surface area contributed by atoms with E-state index in [2.05, 4.69) is 21.8 Å². The van der Waals surface area contributed by atoms with Crippen LogP contribution in [0, 0.1) is 5.82 Å². The Balaban J connectivity index is 1.69. The summed E-state index contributed by atoms with van der Waals surface area (Å²) < 4.78 is 16.3. The number of hydrogen-bond donors (Lipinski definition) is 2. The molecular weight excluding hydrogens is 469 g/mol. The highest BCUT2D eigenvalue weighted by Crippen LogP contribution is 2.34. The number of nitrogens with two attached hydrogens (primary N) is 1. The number of allylic oxidation sites excluding steroid dienone is 4. The van der Waals surface area contributed by atoms with Gasteiger partial charge in [-0.1, -0.05) is 18.2 Å². The number of carbonyl (C=O) groups excluding carboxylic acids is 1. The zero-order chi connectivity index (χ0) is 27.1. The maximum absolute atomic E-state index is 14.8. The minimum absolute atomic E-state index is 0.0202. The van der Waals surface area contributed by atoms with Crippen molar-refractivity contribution in [3.63, 3.8) is 0 Å². The van der Waals surface area contributed by atoms with Gasteiger partial charge in [0.15, 0.2) is 5.78 Å². The van der Waals surface area contributed by atoms with Gasteiger partial charge in [0.05, 0.1) is 5.70 Å². The molecule has 2 heterocycles. The topological polar surface area (TPSA) is 92.7 Å². The first kappa shape index (κ1) is 27.8. The minimum Gasteiger partial charge on any atom is -0.398 e. The number of Topliss-reactive ketones (excluding diaryl/α,β-unsaturated/α-hetero) is 1. The number of rotatable bonds is 9. The number of nitrogens with one attached hydrogen (secondary N) is 1. The Morgan fingerprint density at radius 2 is 1.97 bits per heavy atom. The Hall–Kier alpha value is -3.78. The van der Waals surface area contributed by atoms with E-state index >= 15 is 0 Å². The molecule has 37 heavy (non-hydrogen) atoms. The van der Waals surface area contributed by atoms with Crippen LogP contribution in [0.1, 0.15) is 48.5 Å². The lowest BCUT2D eigenvalue weighted by atomic mass is 9.87. The third kappa shape index (κ3) is 6.92. The van der Waals surface area contributed by atoms with E-state index in [4.69, 9.17) is 5.73 Å². The maximum atomic E-state index is 14.8. The molecule has 0 aliphatic carbocycles. The number of nitrogens with zero attached hydrogens (tertiary/aromatic N) is 3. The van der Waals surface area contributed by atoms with Crippen LogP contribution in [0.15, 0.2) is 70.1 Å². The van der Waals surface area contributed by atoms with E-state index in [0.717, 1.165) is 43.7 Å². The average molecular weight is 506 g/mol. The smallest absolute Gasteiger partial charge is 0.257 e. The van der Waals surface area contributed by atoms with Gasteiger partial charge in [-0.15, -0.1) is 0 Å². The number of benzene rings is 1. The third-order valence-electron chi connectivity index (χ3n) is 6.64. The van der Waals surface area contributed by atoms with Crippen molar-refractivity contribution in [3.05, 3.63) is 87.6 Å². The second-order valence-electron chi connectivity index (χ2n) is 9.42. The summed E-state index contributed by atoms with van der Waals surface area (Å²) in [6.45, 7) is 9.98. The van der Waals surface area contributed by atoms with E-state index < -0.39 is 5.82 Å². The van der Waals surface area contributed by atoms with Crippen molar-refractivity contribution in [1.29, 1.82) is 0 Å². The molecule has 7 nitrogen and oxygen atoms in total. The number of ketones is 1. The molecule has 0 atom stereocenters. The molecule has 196 valence electrons. The molecule has 0 unspecified atom stereocenters. The molecule has 8 heteroatoms. The summed E-state index contributed by atoms with van der Waals surface area (Å²) in [6.07, 6.45) is 8.67. The number of nitrogen functional groups attached to an aromatic ring is 1. The number of pyridine rings is 1. The van der Waals surface area contributed by atoms with Crippen LogP contribution in [0.5, 0.6) is 0 Å². The van der Waals surface area contributed by atoms with Crippen molar-refractivity contribution in [1.82, 2.24) is 9.47 Å². The lowest BCUT2D eigenvalue weighted by Gasteiger charge is -2.33. The Morgan fingerprint density at radius 1 is 1.27 bits per heavy atom. The average Bonchev–Trinajstić information content (AvgIpc) is 2.85. The standard InChI is InChI=1S/C29H36FN5O2/c1-19(14-20(2)27(6-10-32-4)35-13-9-24(33-5)17-28(35)37)18-34-11-7-22(8-12-34)29-25(30)15-23(21(3)36)16-26(29)31/h6,9-10,13-17,22,33H,2,7-8,11-12,18,31H2,1,3-5H3/b19-14+,27-6+,32-10?. The van der Waals surface area contributed by atoms with E-state index in [0.29, 0.717) is 28.1 Å². The van der Waals surface area contributed by atoms with E-state index in [-0.39, 0.29) is 17.3 Å². The fourth-order valence-corrected chi connectivity index (χ4v) is 4.74. The largest absolute Gasteiger partial charge is 0.398 e. The summed E-state index contributed by atoms with van der Waals surface area (Å²) in [5, 5.41) is 2.97. The van der Waals surface area contributed by atoms with Crippen LogP contribution >= 0.6 is 0 Å².